The summed E-state index contributed by atoms with van der Waals surface area (Å²) >= 11 is 0. The second-order valence-corrected chi connectivity index (χ2v) is 5.90. The smallest absolute Gasteiger partial charge is 0.255 e. The van der Waals surface area contributed by atoms with Crippen molar-refractivity contribution in [1.29, 1.82) is 0 Å². The SMILES string of the molecule is C#CCCCCOc1cccnc1C.C#CCCCCOc1cccnc1[18F]. The number of pyridine rings is 2. The molecule has 2 aromatic heterocycles. The monoisotopic (exact) mass is 381 g/mol. The Kier molecular flexibility index (Phi) is 12.4. The molecule has 0 spiro atoms. The maximum atomic E-state index is 12.9. The number of halogens is 1. The van der Waals surface area contributed by atoms with Gasteiger partial charge in [0.1, 0.15) is 5.75 Å². The van der Waals surface area contributed by atoms with Crippen LogP contribution in [0.1, 0.15) is 44.2 Å². The van der Waals surface area contributed by atoms with Crippen LogP contribution in [0.5, 0.6) is 11.5 Å². The van der Waals surface area contributed by atoms with E-state index in [-0.39, 0.29) is 5.75 Å². The van der Waals surface area contributed by atoms with Gasteiger partial charge in [-0.25, -0.2) is 4.98 Å². The number of hydrogen-bond acceptors (Lipinski definition) is 4. The van der Waals surface area contributed by atoms with Crippen LogP contribution >= 0.6 is 0 Å². The van der Waals surface area contributed by atoms with Gasteiger partial charge in [0.2, 0.25) is 0 Å². The Balaban J connectivity index is 0.000000280. The van der Waals surface area contributed by atoms with Crippen molar-refractivity contribution in [3.05, 3.63) is 48.3 Å². The highest BCUT2D eigenvalue weighted by Gasteiger charge is 2.01. The Labute approximate surface area is 167 Å². The molecule has 0 amide bonds. The van der Waals surface area contributed by atoms with Crippen molar-refractivity contribution in [2.75, 3.05) is 13.2 Å². The summed E-state index contributed by atoms with van der Waals surface area (Å²) in [7, 11) is 0. The van der Waals surface area contributed by atoms with Crippen molar-refractivity contribution >= 4 is 0 Å². The van der Waals surface area contributed by atoms with Gasteiger partial charge in [0.15, 0.2) is 5.75 Å². The zero-order valence-electron chi connectivity index (χ0n) is 16.4. The van der Waals surface area contributed by atoms with Gasteiger partial charge >= 0.3 is 0 Å². The fourth-order valence-electron chi connectivity index (χ4n) is 2.12. The fourth-order valence-corrected chi connectivity index (χ4v) is 2.12. The maximum Gasteiger partial charge on any atom is 0.255 e. The highest BCUT2D eigenvalue weighted by molar-refractivity contribution is 5.25. The van der Waals surface area contributed by atoms with Gasteiger partial charge in [-0.1, -0.05) is 0 Å². The second kappa shape index (κ2) is 15.1. The minimum Gasteiger partial charge on any atom is -0.492 e. The molecule has 0 saturated heterocycles. The zero-order chi connectivity index (χ0) is 20.5. The van der Waals surface area contributed by atoms with Crippen LogP contribution in [0.4, 0.5) is 4.39 Å². The van der Waals surface area contributed by atoms with Gasteiger partial charge in [-0.05, 0) is 56.9 Å². The van der Waals surface area contributed by atoms with Crippen molar-refractivity contribution in [2.45, 2.75) is 45.4 Å². The van der Waals surface area contributed by atoms with Crippen LogP contribution in [0.25, 0.3) is 0 Å². The van der Waals surface area contributed by atoms with Crippen molar-refractivity contribution in [2.24, 2.45) is 0 Å². The van der Waals surface area contributed by atoms with Gasteiger partial charge < -0.3 is 9.47 Å². The van der Waals surface area contributed by atoms with E-state index in [1.807, 2.05) is 19.1 Å². The van der Waals surface area contributed by atoms with E-state index in [1.165, 1.54) is 6.20 Å². The largest absolute Gasteiger partial charge is 0.492 e. The average Bonchev–Trinajstić information content (AvgIpc) is 2.71. The molecule has 0 aliphatic heterocycles. The van der Waals surface area contributed by atoms with Gasteiger partial charge in [-0.2, -0.15) is 4.39 Å². The normalized spacial score (nSPS) is 9.43. The molecular formula is C23H27FN2O2. The predicted octanol–water partition coefficient (Wildman–Crippen LogP) is 4.98. The number of hydrogen-bond donors (Lipinski definition) is 0. The molecule has 0 radical (unpaired) electrons. The molecule has 2 rings (SSSR count). The van der Waals surface area contributed by atoms with Crippen LogP contribution in [0.2, 0.25) is 0 Å². The van der Waals surface area contributed by atoms with Crippen molar-refractivity contribution < 1.29 is 13.9 Å². The third-order valence-electron chi connectivity index (χ3n) is 3.63. The molecule has 0 fully saturated rings. The molecule has 2 heterocycles. The van der Waals surface area contributed by atoms with Gasteiger partial charge in [-0.15, -0.1) is 24.7 Å². The zero-order valence-corrected chi connectivity index (χ0v) is 16.4. The first-order chi connectivity index (χ1) is 13.7. The van der Waals surface area contributed by atoms with Crippen LogP contribution in [-0.4, -0.2) is 23.2 Å². The van der Waals surface area contributed by atoms with E-state index in [0.29, 0.717) is 13.2 Å². The summed E-state index contributed by atoms with van der Waals surface area (Å²) in [5, 5.41) is 0. The van der Waals surface area contributed by atoms with Crippen molar-refractivity contribution in [1.82, 2.24) is 9.97 Å². The third kappa shape index (κ3) is 10.2. The summed E-state index contributed by atoms with van der Waals surface area (Å²) in [6, 6.07) is 7.01. The molecule has 0 aliphatic carbocycles. The number of nitrogens with zero attached hydrogens (tertiary/aromatic N) is 2. The number of ether oxygens (including phenoxy) is 2. The van der Waals surface area contributed by atoms with Gasteiger partial charge in [0.25, 0.3) is 5.95 Å². The summed E-state index contributed by atoms with van der Waals surface area (Å²) in [5.41, 5.74) is 0.935. The summed E-state index contributed by atoms with van der Waals surface area (Å²) in [5.74, 6) is 5.65. The molecule has 5 heteroatoms. The molecule has 0 aromatic carbocycles. The molecule has 0 bridgehead atoms. The molecule has 148 valence electrons. The van der Waals surface area contributed by atoms with Crippen LogP contribution in [-0.2, 0) is 0 Å². The number of aryl methyl sites for hydroxylation is 1. The lowest BCUT2D eigenvalue weighted by Gasteiger charge is -2.06. The standard InChI is InChI=1S/C12H15NO.C11H12FNO/c1-3-4-5-6-10-14-12-8-7-9-13-11(12)2;1-2-3-4-5-9-14-10-7-6-8-13-11(10)12/h1,7-9H,4-6,10H2,2H3;1,6-8H,3-5,9H2/i;12-1. The number of rotatable bonds is 10. The molecule has 28 heavy (non-hydrogen) atoms. The minimum absolute atomic E-state index is 0.202. The number of terminal acetylenes is 2. The first-order valence-electron chi connectivity index (χ1n) is 9.33. The highest BCUT2D eigenvalue weighted by atomic mass is 18.2. The van der Waals surface area contributed by atoms with E-state index in [2.05, 4.69) is 21.8 Å². The highest BCUT2D eigenvalue weighted by Crippen LogP contribution is 2.14. The van der Waals surface area contributed by atoms with Crippen LogP contribution in [0.3, 0.4) is 0 Å². The Hall–Kier alpha value is -3.05. The fraction of sp³-hybridized carbons (Fsp3) is 0.391. The summed E-state index contributed by atoms with van der Waals surface area (Å²) in [6.45, 7) is 3.13. The Morgan fingerprint density at radius 3 is 1.93 bits per heavy atom. The molecule has 0 atom stereocenters. The first kappa shape index (κ1) is 23.0. The minimum atomic E-state index is -0.565. The van der Waals surface area contributed by atoms with Crippen LogP contribution in [0, 0.1) is 37.6 Å². The van der Waals surface area contributed by atoms with E-state index in [0.717, 1.165) is 50.0 Å². The molecular weight excluding hydrogens is 354 g/mol. The van der Waals surface area contributed by atoms with Crippen molar-refractivity contribution in [3.63, 3.8) is 0 Å². The second-order valence-electron chi connectivity index (χ2n) is 5.90. The third-order valence-corrected chi connectivity index (χ3v) is 3.63. The summed E-state index contributed by atoms with van der Waals surface area (Å²) in [6.07, 6.45) is 18.7. The summed E-state index contributed by atoms with van der Waals surface area (Å²) < 4.78 is 23.6. The Morgan fingerprint density at radius 1 is 0.857 bits per heavy atom. The quantitative estimate of drug-likeness (QED) is 0.331. The maximum absolute atomic E-state index is 12.9. The van der Waals surface area contributed by atoms with E-state index >= 15 is 0 Å². The molecule has 0 N–H and O–H groups in total. The van der Waals surface area contributed by atoms with E-state index < -0.39 is 5.95 Å². The Morgan fingerprint density at radius 2 is 1.39 bits per heavy atom. The van der Waals surface area contributed by atoms with Gasteiger partial charge in [0, 0.05) is 25.2 Å². The lowest BCUT2D eigenvalue weighted by atomic mass is 10.2. The van der Waals surface area contributed by atoms with Crippen LogP contribution < -0.4 is 9.47 Å². The molecule has 0 aliphatic rings. The van der Waals surface area contributed by atoms with Gasteiger partial charge in [-0.3, -0.25) is 4.98 Å². The number of unbranched alkanes of at least 4 members (excludes halogenated alkanes) is 4. The number of aromatic nitrogens is 2. The predicted molar refractivity (Wildman–Crippen MR) is 110 cm³/mol. The molecule has 4 nitrogen and oxygen atoms in total. The topological polar surface area (TPSA) is 44.2 Å². The lowest BCUT2D eigenvalue weighted by Crippen LogP contribution is -1.99. The average molecular weight is 381 g/mol. The van der Waals surface area contributed by atoms with E-state index in [1.54, 1.807) is 18.3 Å². The summed E-state index contributed by atoms with van der Waals surface area (Å²) in [4.78, 5) is 7.61. The first-order valence-corrected chi connectivity index (χ1v) is 9.33. The molecule has 0 saturated carbocycles. The lowest BCUT2D eigenvalue weighted by molar-refractivity contribution is 0.288. The van der Waals surface area contributed by atoms with Gasteiger partial charge in [0.05, 0.1) is 18.9 Å². The van der Waals surface area contributed by atoms with Crippen LogP contribution in [0.15, 0.2) is 36.7 Å². The Bertz CT molecular complexity index is 700. The van der Waals surface area contributed by atoms with E-state index in [4.69, 9.17) is 22.3 Å². The van der Waals surface area contributed by atoms with Crippen molar-refractivity contribution in [3.8, 4) is 36.2 Å². The molecule has 0 unspecified atom stereocenters. The molecule has 2 aromatic rings. The van der Waals surface area contributed by atoms with E-state index in [9.17, 15) is 4.39 Å².